The number of aliphatic imine (C=N–C) groups is 1. The average Bonchev–Trinajstić information content (AvgIpc) is 2.63. The molecule has 1 aliphatic carbocycles. The van der Waals surface area contributed by atoms with Crippen LogP contribution in [0.25, 0.3) is 0 Å². The first-order valence-electron chi connectivity index (χ1n) is 9.20. The lowest BCUT2D eigenvalue weighted by molar-refractivity contribution is -0.0318. The molecule has 1 aromatic rings. The molecule has 1 aliphatic heterocycles. The van der Waals surface area contributed by atoms with Gasteiger partial charge in [0.2, 0.25) is 0 Å². The molecule has 1 aromatic carbocycles. The van der Waals surface area contributed by atoms with Crippen LogP contribution < -0.4 is 11.1 Å². The normalized spacial score (nSPS) is 18.3. The maximum absolute atomic E-state index is 6.05. The van der Waals surface area contributed by atoms with Crippen LogP contribution in [0.15, 0.2) is 23.2 Å². The summed E-state index contributed by atoms with van der Waals surface area (Å²) in [6.45, 7) is 3.07. The minimum atomic E-state index is 0. The number of hydrogen-bond donors (Lipinski definition) is 2. The standard InChI is InChI=1S/C19H29N3O2.HI/c20-19(21-11-4-12-24-16-9-13-23-14-10-16)22-18-8-3-6-15-5-1-2-7-17(15)18;/h3,6,8,16H,1-2,4-5,7,9-14H2,(H3,20,21,22);1H. The number of nitrogens with one attached hydrogen (secondary N) is 1. The first-order chi connectivity index (χ1) is 11.8. The van der Waals surface area contributed by atoms with Crippen molar-refractivity contribution in [2.75, 3.05) is 31.7 Å². The largest absolute Gasteiger partial charge is 0.381 e. The first kappa shape index (κ1) is 20.5. The van der Waals surface area contributed by atoms with Gasteiger partial charge in [-0.3, -0.25) is 4.99 Å². The summed E-state index contributed by atoms with van der Waals surface area (Å²) in [5.41, 5.74) is 10.0. The second-order valence-corrected chi connectivity index (χ2v) is 6.58. The first-order valence-corrected chi connectivity index (χ1v) is 9.20. The quantitative estimate of drug-likeness (QED) is 0.296. The van der Waals surface area contributed by atoms with Gasteiger partial charge in [0.1, 0.15) is 0 Å². The third kappa shape index (κ3) is 6.42. The lowest BCUT2D eigenvalue weighted by atomic mass is 9.90. The zero-order valence-corrected chi connectivity index (χ0v) is 17.2. The number of rotatable bonds is 6. The van der Waals surface area contributed by atoms with E-state index in [0.29, 0.717) is 18.6 Å². The summed E-state index contributed by atoms with van der Waals surface area (Å²) in [6, 6.07) is 6.42. The Kier molecular flexibility index (Phi) is 8.98. The Morgan fingerprint density at radius 1 is 1.24 bits per heavy atom. The van der Waals surface area contributed by atoms with E-state index < -0.39 is 0 Å². The van der Waals surface area contributed by atoms with E-state index in [4.69, 9.17) is 15.2 Å². The molecular formula is C19H30IN3O2. The van der Waals surface area contributed by atoms with Crippen molar-refractivity contribution in [2.24, 2.45) is 10.7 Å². The van der Waals surface area contributed by atoms with Gasteiger partial charge in [-0.2, -0.15) is 0 Å². The third-order valence-corrected chi connectivity index (χ3v) is 4.77. The number of aryl methyl sites for hydroxylation is 1. The van der Waals surface area contributed by atoms with E-state index >= 15 is 0 Å². The van der Waals surface area contributed by atoms with E-state index in [1.54, 1.807) is 0 Å². The Labute approximate surface area is 167 Å². The van der Waals surface area contributed by atoms with Gasteiger partial charge in [-0.05, 0) is 62.1 Å². The SMILES string of the molecule is I.NC(=NCCCOC1CCOCC1)Nc1cccc2c1CCCC2. The highest BCUT2D eigenvalue weighted by molar-refractivity contribution is 14.0. The zero-order chi connectivity index (χ0) is 16.6. The second kappa shape index (κ2) is 11.0. The lowest BCUT2D eigenvalue weighted by Gasteiger charge is -2.22. The van der Waals surface area contributed by atoms with Gasteiger partial charge in [0.25, 0.3) is 0 Å². The van der Waals surface area contributed by atoms with Crippen molar-refractivity contribution in [2.45, 2.75) is 51.0 Å². The van der Waals surface area contributed by atoms with Gasteiger partial charge in [-0.1, -0.05) is 12.1 Å². The van der Waals surface area contributed by atoms with Crippen molar-refractivity contribution in [1.82, 2.24) is 0 Å². The Hall–Kier alpha value is -0.860. The number of nitrogens with zero attached hydrogens (tertiary/aromatic N) is 1. The molecule has 3 rings (SSSR count). The highest BCUT2D eigenvalue weighted by Gasteiger charge is 2.14. The number of fused-ring (bicyclic) bond motifs is 1. The number of hydrogen-bond acceptors (Lipinski definition) is 3. The molecule has 0 saturated carbocycles. The van der Waals surface area contributed by atoms with Gasteiger partial charge in [0, 0.05) is 32.1 Å². The summed E-state index contributed by atoms with van der Waals surface area (Å²) in [6.07, 6.45) is 8.11. The van der Waals surface area contributed by atoms with E-state index in [1.165, 1.54) is 30.4 Å². The van der Waals surface area contributed by atoms with Crippen LogP contribution in [0.2, 0.25) is 0 Å². The van der Waals surface area contributed by atoms with Crippen LogP contribution in [0.4, 0.5) is 5.69 Å². The number of halogens is 1. The number of anilines is 1. The van der Waals surface area contributed by atoms with Crippen LogP contribution >= 0.6 is 24.0 Å². The minimum absolute atomic E-state index is 0. The van der Waals surface area contributed by atoms with E-state index in [2.05, 4.69) is 28.5 Å². The Bertz CT molecular complexity index is 560. The molecule has 1 fully saturated rings. The van der Waals surface area contributed by atoms with Crippen LogP contribution in [0.1, 0.15) is 43.2 Å². The fourth-order valence-electron chi connectivity index (χ4n) is 3.43. The minimum Gasteiger partial charge on any atom is -0.381 e. The summed E-state index contributed by atoms with van der Waals surface area (Å²) in [5.74, 6) is 0.500. The molecule has 5 nitrogen and oxygen atoms in total. The maximum atomic E-state index is 6.05. The van der Waals surface area contributed by atoms with Crippen molar-refractivity contribution in [3.8, 4) is 0 Å². The molecule has 25 heavy (non-hydrogen) atoms. The molecule has 0 amide bonds. The Balaban J connectivity index is 0.00000225. The summed E-state index contributed by atoms with van der Waals surface area (Å²) in [5, 5.41) is 3.28. The lowest BCUT2D eigenvalue weighted by Crippen LogP contribution is -2.25. The number of nitrogens with two attached hydrogens (primary N) is 1. The molecule has 0 spiro atoms. The van der Waals surface area contributed by atoms with Crippen molar-refractivity contribution in [3.05, 3.63) is 29.3 Å². The van der Waals surface area contributed by atoms with Crippen molar-refractivity contribution < 1.29 is 9.47 Å². The average molecular weight is 459 g/mol. The molecular weight excluding hydrogens is 429 g/mol. The summed E-state index contributed by atoms with van der Waals surface area (Å²) < 4.78 is 11.2. The smallest absolute Gasteiger partial charge is 0.193 e. The number of ether oxygens (including phenoxy) is 2. The summed E-state index contributed by atoms with van der Waals surface area (Å²) in [4.78, 5) is 4.43. The number of guanidine groups is 1. The van der Waals surface area contributed by atoms with Crippen LogP contribution in [0.3, 0.4) is 0 Å². The van der Waals surface area contributed by atoms with Crippen molar-refractivity contribution >= 4 is 35.6 Å². The van der Waals surface area contributed by atoms with Gasteiger partial charge >= 0.3 is 0 Å². The third-order valence-electron chi connectivity index (χ3n) is 4.77. The second-order valence-electron chi connectivity index (χ2n) is 6.58. The van der Waals surface area contributed by atoms with Gasteiger partial charge < -0.3 is 20.5 Å². The van der Waals surface area contributed by atoms with Gasteiger partial charge in [-0.15, -0.1) is 24.0 Å². The molecule has 0 atom stereocenters. The van der Waals surface area contributed by atoms with Crippen LogP contribution in [-0.2, 0) is 22.3 Å². The van der Waals surface area contributed by atoms with Crippen LogP contribution in [-0.4, -0.2) is 38.4 Å². The van der Waals surface area contributed by atoms with Crippen molar-refractivity contribution in [3.63, 3.8) is 0 Å². The monoisotopic (exact) mass is 459 g/mol. The highest BCUT2D eigenvalue weighted by atomic mass is 127. The number of benzene rings is 1. The molecule has 140 valence electrons. The zero-order valence-electron chi connectivity index (χ0n) is 14.8. The molecule has 0 bridgehead atoms. The van der Waals surface area contributed by atoms with Crippen LogP contribution in [0.5, 0.6) is 0 Å². The van der Waals surface area contributed by atoms with E-state index in [0.717, 1.165) is 51.2 Å². The molecule has 0 radical (unpaired) electrons. The molecule has 3 N–H and O–H groups in total. The van der Waals surface area contributed by atoms with E-state index in [-0.39, 0.29) is 24.0 Å². The maximum Gasteiger partial charge on any atom is 0.193 e. The van der Waals surface area contributed by atoms with Gasteiger partial charge in [-0.25, -0.2) is 0 Å². The summed E-state index contributed by atoms with van der Waals surface area (Å²) in [7, 11) is 0. The summed E-state index contributed by atoms with van der Waals surface area (Å²) >= 11 is 0. The molecule has 0 aromatic heterocycles. The van der Waals surface area contributed by atoms with Crippen LogP contribution in [0, 0.1) is 0 Å². The fraction of sp³-hybridized carbons (Fsp3) is 0.632. The molecule has 2 aliphatic rings. The topological polar surface area (TPSA) is 68.9 Å². The van der Waals surface area contributed by atoms with Gasteiger partial charge in [0.15, 0.2) is 5.96 Å². The molecule has 1 heterocycles. The highest BCUT2D eigenvalue weighted by Crippen LogP contribution is 2.27. The molecule has 1 saturated heterocycles. The van der Waals surface area contributed by atoms with E-state index in [9.17, 15) is 0 Å². The fourth-order valence-corrected chi connectivity index (χ4v) is 3.43. The Morgan fingerprint density at radius 3 is 2.88 bits per heavy atom. The molecule has 0 unspecified atom stereocenters. The van der Waals surface area contributed by atoms with Gasteiger partial charge in [0.05, 0.1) is 6.10 Å². The predicted molar refractivity (Wildman–Crippen MR) is 113 cm³/mol. The van der Waals surface area contributed by atoms with E-state index in [1.807, 2.05) is 0 Å². The Morgan fingerprint density at radius 2 is 2.04 bits per heavy atom. The van der Waals surface area contributed by atoms with Crippen molar-refractivity contribution in [1.29, 1.82) is 0 Å². The molecule has 6 heteroatoms. The predicted octanol–water partition coefficient (Wildman–Crippen LogP) is 3.50.